The fourth-order valence-electron chi connectivity index (χ4n) is 0.772. The van der Waals surface area contributed by atoms with E-state index in [2.05, 4.69) is 0 Å². The topological polar surface area (TPSA) is 63.6 Å². The van der Waals surface area contributed by atoms with Crippen LogP contribution in [0.3, 0.4) is 0 Å². The molecule has 4 heteroatoms. The minimum Gasteiger partial charge on any atom is -0.752 e. The highest BCUT2D eigenvalue weighted by molar-refractivity contribution is 5.94. The number of rotatable bonds is 2. The monoisotopic (exact) mass is 166 g/mol. The van der Waals surface area contributed by atoms with Crippen LogP contribution in [0.4, 0.5) is 5.69 Å². The van der Waals surface area contributed by atoms with Gasteiger partial charge in [0.25, 0.3) is 0 Å². The van der Waals surface area contributed by atoms with Crippen molar-refractivity contribution in [3.8, 4) is 0 Å². The van der Waals surface area contributed by atoms with Gasteiger partial charge in [0.1, 0.15) is 6.61 Å². The Morgan fingerprint density at radius 1 is 1.42 bits per heavy atom. The Morgan fingerprint density at radius 2 is 2.00 bits per heavy atom. The fraction of sp³-hybridized carbons (Fsp3) is 0.125. The molecule has 1 amide bonds. The van der Waals surface area contributed by atoms with Gasteiger partial charge in [-0.1, -0.05) is 18.2 Å². The van der Waals surface area contributed by atoms with Crippen molar-refractivity contribution < 1.29 is 9.90 Å². The minimum atomic E-state index is -0.860. The number of amides is 1. The van der Waals surface area contributed by atoms with Gasteiger partial charge in [0.05, 0.1) is 0 Å². The zero-order valence-electron chi connectivity index (χ0n) is 6.30. The lowest BCUT2D eigenvalue weighted by Crippen LogP contribution is -2.26. The fourth-order valence-corrected chi connectivity index (χ4v) is 0.772. The summed E-state index contributed by atoms with van der Waals surface area (Å²) in [7, 11) is 0. The number of carbonyl (C=O) groups is 1. The third-order valence-corrected chi connectivity index (χ3v) is 1.35. The zero-order valence-corrected chi connectivity index (χ0v) is 6.30. The first-order valence-corrected chi connectivity index (χ1v) is 3.41. The van der Waals surface area contributed by atoms with Crippen LogP contribution >= 0.6 is 0 Å². The third kappa shape index (κ3) is 1.81. The second-order valence-electron chi connectivity index (χ2n) is 2.18. The zero-order chi connectivity index (χ0) is 8.97. The summed E-state index contributed by atoms with van der Waals surface area (Å²) in [5, 5.41) is 19.5. The van der Waals surface area contributed by atoms with Gasteiger partial charge in [-0.25, -0.2) is 0 Å². The summed E-state index contributed by atoms with van der Waals surface area (Å²) < 4.78 is 0. The Bertz CT molecular complexity index is 260. The van der Waals surface area contributed by atoms with Gasteiger partial charge in [-0.3, -0.25) is 4.79 Å². The molecule has 0 bridgehead atoms. The van der Waals surface area contributed by atoms with E-state index in [1.165, 1.54) is 12.1 Å². The van der Waals surface area contributed by atoms with Crippen LogP contribution in [0.2, 0.25) is 0 Å². The predicted molar refractivity (Wildman–Crippen MR) is 44.4 cm³/mol. The van der Waals surface area contributed by atoms with E-state index in [1.807, 2.05) is 0 Å². The number of aliphatic hydroxyl groups excluding tert-OH is 1. The van der Waals surface area contributed by atoms with Crippen LogP contribution in [0, 0.1) is 5.21 Å². The summed E-state index contributed by atoms with van der Waals surface area (Å²) in [6, 6.07) is 8.03. The van der Waals surface area contributed by atoms with E-state index >= 15 is 0 Å². The number of para-hydroxylation sites is 1. The molecule has 12 heavy (non-hydrogen) atoms. The van der Waals surface area contributed by atoms with E-state index in [0.717, 1.165) is 0 Å². The number of benzene rings is 1. The van der Waals surface area contributed by atoms with Crippen LogP contribution in [0.15, 0.2) is 30.3 Å². The van der Waals surface area contributed by atoms with E-state index in [9.17, 15) is 10.0 Å². The molecule has 1 aromatic rings. The van der Waals surface area contributed by atoms with Crippen LogP contribution in [-0.2, 0) is 4.79 Å². The average molecular weight is 166 g/mol. The lowest BCUT2D eigenvalue weighted by atomic mass is 10.3. The van der Waals surface area contributed by atoms with Gasteiger partial charge in [0.2, 0.25) is 5.91 Å². The molecule has 0 unspecified atom stereocenters. The van der Waals surface area contributed by atoms with Crippen LogP contribution < -0.4 is 5.06 Å². The van der Waals surface area contributed by atoms with Gasteiger partial charge in [0, 0.05) is 5.69 Å². The number of hydrogen-bond donors (Lipinski definition) is 1. The van der Waals surface area contributed by atoms with Gasteiger partial charge in [0.15, 0.2) is 0 Å². The second kappa shape index (κ2) is 3.85. The van der Waals surface area contributed by atoms with Gasteiger partial charge in [-0.15, -0.1) is 0 Å². The highest BCUT2D eigenvalue weighted by Gasteiger charge is 2.02. The largest absolute Gasteiger partial charge is 0.752 e. The molecule has 0 atom stereocenters. The third-order valence-electron chi connectivity index (χ3n) is 1.35. The molecular weight excluding hydrogens is 158 g/mol. The minimum absolute atomic E-state index is 0.167. The Labute approximate surface area is 69.6 Å². The molecule has 0 aliphatic rings. The number of aliphatic hydroxyl groups is 1. The number of anilines is 1. The molecule has 4 nitrogen and oxygen atoms in total. The molecule has 1 N–H and O–H groups in total. The molecule has 0 aliphatic carbocycles. The molecule has 0 spiro atoms. The molecule has 0 aromatic heterocycles. The van der Waals surface area contributed by atoms with E-state index in [-0.39, 0.29) is 10.8 Å². The molecule has 0 heterocycles. The Kier molecular flexibility index (Phi) is 2.79. The lowest BCUT2D eigenvalue weighted by molar-refractivity contribution is -0.120. The smallest absolute Gasteiger partial charge is 0.242 e. The van der Waals surface area contributed by atoms with Gasteiger partial charge in [-0.2, -0.15) is 0 Å². The SMILES string of the molecule is O=C(CO)N([O-])c1ccccc1. The standard InChI is InChI=1S/C8H8NO3/c10-6-8(11)9(12)7-4-2-1-3-5-7/h1-5,10H,6H2/q-1. The molecule has 0 aliphatic heterocycles. The summed E-state index contributed by atoms with van der Waals surface area (Å²) in [4.78, 5) is 10.7. The maximum Gasteiger partial charge on any atom is 0.242 e. The quantitative estimate of drug-likeness (QED) is 0.651. The Hall–Kier alpha value is -1.39. The first kappa shape index (κ1) is 8.70. The molecule has 1 aromatic carbocycles. The van der Waals surface area contributed by atoms with Crippen molar-refractivity contribution in [1.82, 2.24) is 0 Å². The average Bonchev–Trinajstić information content (AvgIpc) is 2.17. The van der Waals surface area contributed by atoms with Crippen LogP contribution in [0.1, 0.15) is 0 Å². The van der Waals surface area contributed by atoms with Crippen molar-refractivity contribution in [1.29, 1.82) is 0 Å². The maximum atomic E-state index is 11.0. The first-order valence-electron chi connectivity index (χ1n) is 3.41. The van der Waals surface area contributed by atoms with Crippen molar-refractivity contribution >= 4 is 11.6 Å². The Balaban J connectivity index is 2.78. The molecule has 0 radical (unpaired) electrons. The molecular formula is C8H8NO3-. The first-order chi connectivity index (χ1) is 5.75. The highest BCUT2D eigenvalue weighted by atomic mass is 16.5. The Morgan fingerprint density at radius 3 is 2.50 bits per heavy atom. The van der Waals surface area contributed by atoms with Crippen molar-refractivity contribution in [2.75, 3.05) is 11.7 Å². The van der Waals surface area contributed by atoms with Crippen molar-refractivity contribution in [2.24, 2.45) is 0 Å². The second-order valence-corrected chi connectivity index (χ2v) is 2.18. The molecule has 1 rings (SSSR count). The maximum absolute atomic E-state index is 11.0. The van der Waals surface area contributed by atoms with E-state index < -0.39 is 12.5 Å². The van der Waals surface area contributed by atoms with Gasteiger partial charge in [-0.05, 0) is 12.1 Å². The molecule has 0 fully saturated rings. The van der Waals surface area contributed by atoms with Crippen LogP contribution in [0.5, 0.6) is 0 Å². The number of hydrogen-bond acceptors (Lipinski definition) is 3. The number of carbonyl (C=O) groups excluding carboxylic acids is 1. The van der Waals surface area contributed by atoms with Crippen molar-refractivity contribution in [2.45, 2.75) is 0 Å². The molecule has 64 valence electrons. The van der Waals surface area contributed by atoms with E-state index in [4.69, 9.17) is 5.11 Å². The van der Waals surface area contributed by atoms with Crippen molar-refractivity contribution in [3.05, 3.63) is 35.5 Å². The summed E-state index contributed by atoms with van der Waals surface area (Å²) >= 11 is 0. The summed E-state index contributed by atoms with van der Waals surface area (Å²) in [6.45, 7) is -0.765. The number of hydroxylamine groups is 1. The highest BCUT2D eigenvalue weighted by Crippen LogP contribution is 2.11. The number of nitrogens with zero attached hydrogens (tertiary/aromatic N) is 1. The van der Waals surface area contributed by atoms with E-state index in [0.29, 0.717) is 0 Å². The normalized spacial score (nSPS) is 9.50. The summed E-state index contributed by atoms with van der Waals surface area (Å²) in [5.74, 6) is -0.860. The molecule has 0 saturated carbocycles. The van der Waals surface area contributed by atoms with Gasteiger partial charge >= 0.3 is 0 Å². The summed E-state index contributed by atoms with van der Waals surface area (Å²) in [5.41, 5.74) is 0.233. The van der Waals surface area contributed by atoms with Gasteiger partial charge < -0.3 is 15.4 Å². The molecule has 0 saturated heterocycles. The van der Waals surface area contributed by atoms with Crippen LogP contribution in [0.25, 0.3) is 0 Å². The van der Waals surface area contributed by atoms with Crippen LogP contribution in [-0.4, -0.2) is 17.6 Å². The predicted octanol–water partition coefficient (Wildman–Crippen LogP) is 0.510. The van der Waals surface area contributed by atoms with E-state index in [1.54, 1.807) is 18.2 Å². The summed E-state index contributed by atoms with van der Waals surface area (Å²) in [6.07, 6.45) is 0. The lowest BCUT2D eigenvalue weighted by Gasteiger charge is -2.27. The van der Waals surface area contributed by atoms with Crippen molar-refractivity contribution in [3.63, 3.8) is 0 Å².